The minimum absolute atomic E-state index is 0.00718. The number of rotatable bonds is 10. The first-order valence-corrected chi connectivity index (χ1v) is 20.6. The Labute approximate surface area is 344 Å². The highest BCUT2D eigenvalue weighted by Gasteiger charge is 2.42. The van der Waals surface area contributed by atoms with E-state index in [4.69, 9.17) is 19.4 Å². The van der Waals surface area contributed by atoms with Crippen LogP contribution in [-0.2, 0) is 19.1 Å². The van der Waals surface area contributed by atoms with Crippen LogP contribution >= 0.6 is 0 Å². The maximum atomic E-state index is 13.9. The van der Waals surface area contributed by atoms with Gasteiger partial charge in [-0.1, -0.05) is 58.0 Å². The van der Waals surface area contributed by atoms with Crippen LogP contribution in [0.4, 0.5) is 9.59 Å². The van der Waals surface area contributed by atoms with Gasteiger partial charge in [-0.3, -0.25) is 9.59 Å². The zero-order chi connectivity index (χ0) is 42.3. The highest BCUT2D eigenvalue weighted by atomic mass is 16.5. The summed E-state index contributed by atoms with van der Waals surface area (Å²) in [5, 5.41) is 5.46. The van der Waals surface area contributed by atoms with E-state index >= 15 is 0 Å². The van der Waals surface area contributed by atoms with E-state index in [1.807, 2.05) is 63.5 Å². The Balaban J connectivity index is 1.10. The molecule has 4 heterocycles. The lowest BCUT2D eigenvalue weighted by atomic mass is 9.95. The van der Waals surface area contributed by atoms with Crippen molar-refractivity contribution in [1.29, 1.82) is 0 Å². The number of fused-ring (bicyclic) bond motifs is 2. The third-order valence-corrected chi connectivity index (χ3v) is 12.1. The van der Waals surface area contributed by atoms with Crippen molar-refractivity contribution in [3.63, 3.8) is 0 Å². The number of benzene rings is 3. The van der Waals surface area contributed by atoms with Crippen LogP contribution in [0, 0.1) is 18.8 Å². The van der Waals surface area contributed by atoms with Crippen LogP contribution in [-0.4, -0.2) is 92.1 Å². The maximum Gasteiger partial charge on any atom is 0.407 e. The standard InChI is InChI=1S/C45H56N8O6/c1-23(2)38(50-44(56)58-8)42(54)52-26(6)10-18-36(52)40-46-32-16-13-29(21-34(32)48-40)28-12-15-31(25(5)20-28)30-14-17-33-35(22-30)49-41(47-33)37-19-11-27(7)53(37)43(55)39(24(3)4)51-45(57)59-9/h12-17,20-24,26-27,36-39H,10-11,18-19H2,1-9H3,(H,46,48)(H,47,49)(H,50,56)(H,51,57)/t26?,27?,36-,37-,38-,39-/m0/s1. The van der Waals surface area contributed by atoms with Gasteiger partial charge in [0.15, 0.2) is 0 Å². The van der Waals surface area contributed by atoms with E-state index in [9.17, 15) is 19.2 Å². The second kappa shape index (κ2) is 16.7. The fourth-order valence-electron chi connectivity index (χ4n) is 8.85. The number of nitrogens with zero attached hydrogens (tertiary/aromatic N) is 4. The first-order valence-electron chi connectivity index (χ1n) is 20.6. The second-order valence-corrected chi connectivity index (χ2v) is 16.8. The van der Waals surface area contributed by atoms with Crippen molar-refractivity contribution in [1.82, 2.24) is 40.4 Å². The first-order chi connectivity index (χ1) is 28.2. The number of ether oxygens (including phenoxy) is 2. The molecule has 4 amide bonds. The quantitative estimate of drug-likeness (QED) is 0.110. The molecule has 2 unspecified atom stereocenters. The number of amides is 4. The normalized spacial score (nSPS) is 20.4. The van der Waals surface area contributed by atoms with Crippen LogP contribution in [0.2, 0.25) is 0 Å². The van der Waals surface area contributed by atoms with Crippen molar-refractivity contribution in [3.05, 3.63) is 71.8 Å². The number of carbonyl (C=O) groups is 4. The van der Waals surface area contributed by atoms with Crippen LogP contribution in [0.15, 0.2) is 54.6 Å². The summed E-state index contributed by atoms with van der Waals surface area (Å²) >= 11 is 0. The number of aromatic nitrogens is 4. The van der Waals surface area contributed by atoms with Gasteiger partial charge in [0.05, 0.1) is 48.4 Å². The second-order valence-electron chi connectivity index (χ2n) is 16.8. The number of hydrogen-bond acceptors (Lipinski definition) is 8. The zero-order valence-corrected chi connectivity index (χ0v) is 35.4. The summed E-state index contributed by atoms with van der Waals surface area (Å²) in [6, 6.07) is 16.9. The van der Waals surface area contributed by atoms with Crippen LogP contribution in [0.3, 0.4) is 0 Å². The summed E-state index contributed by atoms with van der Waals surface area (Å²) in [5.41, 5.74) is 8.73. The molecule has 0 aliphatic carbocycles. The lowest BCUT2D eigenvalue weighted by molar-refractivity contribution is -0.138. The molecule has 0 saturated carbocycles. The predicted molar refractivity (Wildman–Crippen MR) is 226 cm³/mol. The summed E-state index contributed by atoms with van der Waals surface area (Å²) in [4.78, 5) is 72.7. The van der Waals surface area contributed by atoms with Crippen molar-refractivity contribution in [2.45, 2.75) is 110 Å². The van der Waals surface area contributed by atoms with Gasteiger partial charge in [0.2, 0.25) is 11.8 Å². The van der Waals surface area contributed by atoms with Gasteiger partial charge in [-0.05, 0) is 110 Å². The number of aromatic amines is 2. The number of imidazole rings is 2. The van der Waals surface area contributed by atoms with Gasteiger partial charge in [0.25, 0.3) is 0 Å². The van der Waals surface area contributed by atoms with Crippen molar-refractivity contribution < 1.29 is 28.7 Å². The molecule has 0 spiro atoms. The first kappa shape index (κ1) is 41.2. The van der Waals surface area contributed by atoms with Crippen LogP contribution in [0.5, 0.6) is 0 Å². The molecule has 5 aromatic rings. The number of methoxy groups -OCH3 is 2. The Bertz CT molecular complexity index is 2380. The lowest BCUT2D eigenvalue weighted by Crippen LogP contribution is -2.52. The third-order valence-electron chi connectivity index (χ3n) is 12.1. The molecule has 0 bridgehead atoms. The molecule has 0 radical (unpaired) electrons. The predicted octanol–water partition coefficient (Wildman–Crippen LogP) is 7.95. The summed E-state index contributed by atoms with van der Waals surface area (Å²) < 4.78 is 9.61. The van der Waals surface area contributed by atoms with E-state index in [1.54, 1.807) is 0 Å². The number of aryl methyl sites for hydroxylation is 1. The smallest absolute Gasteiger partial charge is 0.407 e. The molecule has 14 nitrogen and oxygen atoms in total. The minimum atomic E-state index is -0.711. The molecule has 312 valence electrons. The maximum absolute atomic E-state index is 13.9. The number of nitrogens with one attached hydrogen (secondary N) is 4. The SMILES string of the molecule is COC(=O)N[C@H](C(=O)N1C(C)CC[C@H]1c1nc2cc(-c3ccc(-c4ccc5[nH]c([C@@H]6CCC(C)N6C(=O)[C@@H](NC(=O)OC)C(C)C)nc5c4)c(C)c3)ccc2[nH]1)C(C)C. The largest absolute Gasteiger partial charge is 0.453 e. The minimum Gasteiger partial charge on any atom is -0.453 e. The van der Waals surface area contributed by atoms with Gasteiger partial charge in [0, 0.05) is 12.1 Å². The number of hydrogen-bond donors (Lipinski definition) is 4. The van der Waals surface area contributed by atoms with Crippen molar-refractivity contribution in [3.8, 4) is 22.3 Å². The molecule has 7 rings (SSSR count). The Morgan fingerprint density at radius 2 is 1.07 bits per heavy atom. The van der Waals surface area contributed by atoms with Crippen molar-refractivity contribution >= 4 is 46.1 Å². The van der Waals surface area contributed by atoms with Gasteiger partial charge < -0.3 is 39.9 Å². The van der Waals surface area contributed by atoms with E-state index in [2.05, 4.69) is 70.0 Å². The van der Waals surface area contributed by atoms with Gasteiger partial charge in [-0.15, -0.1) is 0 Å². The fraction of sp³-hybridized carbons (Fsp3) is 0.467. The highest BCUT2D eigenvalue weighted by Crippen LogP contribution is 2.39. The summed E-state index contributed by atoms with van der Waals surface area (Å²) in [6.07, 6.45) is 1.94. The molecule has 2 aromatic heterocycles. The molecule has 2 aliphatic heterocycles. The number of likely N-dealkylation sites (tertiary alicyclic amines) is 2. The summed E-state index contributed by atoms with van der Waals surface area (Å²) in [7, 11) is 2.59. The Morgan fingerprint density at radius 3 is 1.51 bits per heavy atom. The van der Waals surface area contributed by atoms with E-state index in [-0.39, 0.29) is 47.8 Å². The topological polar surface area (TPSA) is 175 Å². The highest BCUT2D eigenvalue weighted by molar-refractivity contribution is 5.89. The van der Waals surface area contributed by atoms with Gasteiger partial charge in [-0.25, -0.2) is 19.6 Å². The molecule has 2 aliphatic rings. The van der Waals surface area contributed by atoms with Crippen LogP contribution in [0.1, 0.15) is 96.5 Å². The third kappa shape index (κ3) is 8.09. The van der Waals surface area contributed by atoms with E-state index < -0.39 is 24.3 Å². The number of carbonyl (C=O) groups excluding carboxylic acids is 4. The van der Waals surface area contributed by atoms with Crippen molar-refractivity contribution in [2.24, 2.45) is 11.8 Å². The average molecular weight is 805 g/mol. The van der Waals surface area contributed by atoms with Gasteiger partial charge in [0.1, 0.15) is 23.7 Å². The van der Waals surface area contributed by atoms with Crippen LogP contribution in [0.25, 0.3) is 44.3 Å². The van der Waals surface area contributed by atoms with Crippen molar-refractivity contribution in [2.75, 3.05) is 14.2 Å². The monoisotopic (exact) mass is 804 g/mol. The molecule has 3 aromatic carbocycles. The number of alkyl carbamates (subject to hydrolysis) is 2. The lowest BCUT2D eigenvalue weighted by Gasteiger charge is -2.32. The average Bonchev–Trinajstić information content (AvgIpc) is 4.01. The molecule has 6 atom stereocenters. The van der Waals surface area contributed by atoms with E-state index in [0.29, 0.717) is 0 Å². The number of H-pyrrole nitrogens is 2. The fourth-order valence-corrected chi connectivity index (χ4v) is 8.85. The molecule has 14 heteroatoms. The molecular formula is C45H56N8O6. The molecule has 2 fully saturated rings. The van der Waals surface area contributed by atoms with E-state index in [0.717, 1.165) is 87.2 Å². The Hall–Kier alpha value is -5.92. The molecule has 4 N–H and O–H groups in total. The summed E-state index contributed by atoms with van der Waals surface area (Å²) in [5.74, 6) is 0.937. The van der Waals surface area contributed by atoms with Gasteiger partial charge in [-0.2, -0.15) is 0 Å². The Morgan fingerprint density at radius 1 is 0.644 bits per heavy atom. The van der Waals surface area contributed by atoms with Crippen LogP contribution < -0.4 is 10.6 Å². The van der Waals surface area contributed by atoms with Gasteiger partial charge >= 0.3 is 12.2 Å². The van der Waals surface area contributed by atoms with E-state index in [1.165, 1.54) is 14.2 Å². The molecular weight excluding hydrogens is 749 g/mol. The summed E-state index contributed by atoms with van der Waals surface area (Å²) in [6.45, 7) is 13.8. The zero-order valence-electron chi connectivity index (χ0n) is 35.4. The Kier molecular flexibility index (Phi) is 11.7. The molecule has 2 saturated heterocycles. The molecule has 59 heavy (non-hydrogen) atoms.